The molecule has 1 aromatic carbocycles. The van der Waals surface area contributed by atoms with E-state index in [9.17, 15) is 4.79 Å². The minimum atomic E-state index is -0.0569. The van der Waals surface area contributed by atoms with E-state index in [0.717, 1.165) is 26.9 Å². The predicted molar refractivity (Wildman–Crippen MR) is 103 cm³/mol. The molecule has 0 aliphatic carbocycles. The minimum Gasteiger partial charge on any atom is -0.494 e. The van der Waals surface area contributed by atoms with Gasteiger partial charge in [-0.25, -0.2) is 4.98 Å². The number of thiophene rings is 1. The molecule has 3 rings (SSSR count). The number of nitrogens with one attached hydrogen (secondary N) is 1. The van der Waals surface area contributed by atoms with Crippen LogP contribution in [-0.2, 0) is 11.2 Å². The molecule has 0 saturated carbocycles. The standard InChI is InChI=1S/C19H20N2O2S2/c1-3-23-16-8-6-14(7-9-16)13(2)20-18(22)11-15-12-25-19(21-15)17-5-4-10-24-17/h4-10,12-13H,3,11H2,1-2H3,(H,20,22). The first-order valence-electron chi connectivity index (χ1n) is 8.16. The van der Waals surface area contributed by atoms with Crippen LogP contribution in [0.25, 0.3) is 9.88 Å². The summed E-state index contributed by atoms with van der Waals surface area (Å²) in [6.45, 7) is 4.58. The van der Waals surface area contributed by atoms with Gasteiger partial charge in [0.15, 0.2) is 0 Å². The number of carbonyl (C=O) groups excluding carboxylic acids is 1. The molecule has 3 aromatic rings. The molecule has 6 heteroatoms. The summed E-state index contributed by atoms with van der Waals surface area (Å²) in [5.41, 5.74) is 1.86. The van der Waals surface area contributed by atoms with Gasteiger partial charge in [-0.1, -0.05) is 18.2 Å². The molecule has 0 saturated heterocycles. The monoisotopic (exact) mass is 372 g/mol. The summed E-state index contributed by atoms with van der Waals surface area (Å²) in [6, 6.07) is 11.8. The van der Waals surface area contributed by atoms with E-state index in [-0.39, 0.29) is 11.9 Å². The Morgan fingerprint density at radius 3 is 2.72 bits per heavy atom. The van der Waals surface area contributed by atoms with E-state index >= 15 is 0 Å². The second-order valence-corrected chi connectivity index (χ2v) is 7.40. The molecule has 1 amide bonds. The number of rotatable bonds is 7. The van der Waals surface area contributed by atoms with Crippen molar-refractivity contribution in [3.05, 3.63) is 58.4 Å². The summed E-state index contributed by atoms with van der Waals surface area (Å²) in [4.78, 5) is 18.0. The Morgan fingerprint density at radius 2 is 2.04 bits per heavy atom. The molecule has 0 fully saturated rings. The Balaban J connectivity index is 1.56. The molecular formula is C19H20N2O2S2. The van der Waals surface area contributed by atoms with Crippen LogP contribution in [0, 0.1) is 0 Å². The molecular weight excluding hydrogens is 352 g/mol. The Hall–Kier alpha value is -2.18. The summed E-state index contributed by atoms with van der Waals surface area (Å²) in [5, 5.41) is 7.98. The van der Waals surface area contributed by atoms with Crippen molar-refractivity contribution in [1.29, 1.82) is 0 Å². The Bertz CT molecular complexity index is 810. The molecule has 0 aliphatic heterocycles. The maximum absolute atomic E-state index is 12.3. The number of benzene rings is 1. The molecule has 2 heterocycles. The third-order valence-electron chi connectivity index (χ3n) is 3.69. The van der Waals surface area contributed by atoms with Gasteiger partial charge in [0, 0.05) is 5.38 Å². The Morgan fingerprint density at radius 1 is 1.24 bits per heavy atom. The minimum absolute atomic E-state index is 0.0237. The lowest BCUT2D eigenvalue weighted by Crippen LogP contribution is -2.28. The Labute approximate surface area is 155 Å². The molecule has 0 radical (unpaired) electrons. The molecule has 1 N–H and O–H groups in total. The molecule has 2 aromatic heterocycles. The van der Waals surface area contributed by atoms with Crippen LogP contribution < -0.4 is 10.1 Å². The van der Waals surface area contributed by atoms with Gasteiger partial charge < -0.3 is 10.1 Å². The highest BCUT2D eigenvalue weighted by molar-refractivity contribution is 7.20. The fourth-order valence-corrected chi connectivity index (χ4v) is 4.10. The van der Waals surface area contributed by atoms with Crippen molar-refractivity contribution in [3.8, 4) is 15.6 Å². The van der Waals surface area contributed by atoms with Gasteiger partial charge in [0.2, 0.25) is 5.91 Å². The van der Waals surface area contributed by atoms with E-state index in [4.69, 9.17) is 4.74 Å². The highest BCUT2D eigenvalue weighted by atomic mass is 32.1. The lowest BCUT2D eigenvalue weighted by Gasteiger charge is -2.14. The van der Waals surface area contributed by atoms with Crippen LogP contribution in [0.4, 0.5) is 0 Å². The average Bonchev–Trinajstić information content (AvgIpc) is 3.27. The van der Waals surface area contributed by atoms with Crippen LogP contribution >= 0.6 is 22.7 Å². The molecule has 0 bridgehead atoms. The van der Waals surface area contributed by atoms with Crippen molar-refractivity contribution in [2.75, 3.05) is 6.61 Å². The zero-order valence-corrected chi connectivity index (χ0v) is 15.8. The van der Waals surface area contributed by atoms with Gasteiger partial charge in [0.05, 0.1) is 29.6 Å². The lowest BCUT2D eigenvalue weighted by atomic mass is 10.1. The number of hydrogen-bond donors (Lipinski definition) is 1. The maximum atomic E-state index is 12.3. The third-order valence-corrected chi connectivity index (χ3v) is 5.62. The van der Waals surface area contributed by atoms with E-state index in [1.165, 1.54) is 0 Å². The third kappa shape index (κ3) is 4.67. The molecule has 1 unspecified atom stereocenters. The highest BCUT2D eigenvalue weighted by Gasteiger charge is 2.13. The van der Waals surface area contributed by atoms with E-state index in [2.05, 4.69) is 10.3 Å². The van der Waals surface area contributed by atoms with Gasteiger partial charge in [0.25, 0.3) is 0 Å². The van der Waals surface area contributed by atoms with Gasteiger partial charge in [-0.15, -0.1) is 22.7 Å². The molecule has 0 aliphatic rings. The van der Waals surface area contributed by atoms with Crippen LogP contribution in [0.1, 0.15) is 31.1 Å². The fraction of sp³-hybridized carbons (Fsp3) is 0.263. The van der Waals surface area contributed by atoms with Crippen LogP contribution in [0.2, 0.25) is 0 Å². The van der Waals surface area contributed by atoms with Crippen LogP contribution in [0.5, 0.6) is 5.75 Å². The molecule has 1 atom stereocenters. The molecule has 0 spiro atoms. The maximum Gasteiger partial charge on any atom is 0.226 e. The quantitative estimate of drug-likeness (QED) is 0.654. The average molecular weight is 373 g/mol. The topological polar surface area (TPSA) is 51.2 Å². The zero-order chi connectivity index (χ0) is 17.6. The first-order valence-corrected chi connectivity index (χ1v) is 9.92. The number of carbonyl (C=O) groups is 1. The van der Waals surface area contributed by atoms with Crippen molar-refractivity contribution in [2.24, 2.45) is 0 Å². The van der Waals surface area contributed by atoms with Gasteiger partial charge in [-0.05, 0) is 43.0 Å². The van der Waals surface area contributed by atoms with Crippen LogP contribution in [0.15, 0.2) is 47.2 Å². The summed E-state index contributed by atoms with van der Waals surface area (Å²) in [5.74, 6) is 0.817. The van der Waals surface area contributed by atoms with E-state index in [0.29, 0.717) is 13.0 Å². The fourth-order valence-electron chi connectivity index (χ4n) is 2.46. The van der Waals surface area contributed by atoms with Gasteiger partial charge >= 0.3 is 0 Å². The summed E-state index contributed by atoms with van der Waals surface area (Å²) in [6.07, 6.45) is 0.295. The molecule has 4 nitrogen and oxygen atoms in total. The number of thiazole rings is 1. The Kier molecular flexibility index (Phi) is 5.83. The van der Waals surface area contributed by atoms with E-state index in [1.54, 1.807) is 22.7 Å². The summed E-state index contributed by atoms with van der Waals surface area (Å²) >= 11 is 3.23. The highest BCUT2D eigenvalue weighted by Crippen LogP contribution is 2.28. The summed E-state index contributed by atoms with van der Waals surface area (Å²) < 4.78 is 5.44. The van der Waals surface area contributed by atoms with Crippen molar-refractivity contribution in [1.82, 2.24) is 10.3 Å². The molecule has 130 valence electrons. The van der Waals surface area contributed by atoms with Gasteiger partial charge in [-0.3, -0.25) is 4.79 Å². The van der Waals surface area contributed by atoms with Crippen LogP contribution in [0.3, 0.4) is 0 Å². The number of aromatic nitrogens is 1. The normalized spacial score (nSPS) is 11.9. The molecule has 25 heavy (non-hydrogen) atoms. The van der Waals surface area contributed by atoms with E-state index in [1.807, 2.05) is 61.0 Å². The predicted octanol–water partition coefficient (Wildman–Crippen LogP) is 4.69. The lowest BCUT2D eigenvalue weighted by molar-refractivity contribution is -0.121. The van der Waals surface area contributed by atoms with Crippen molar-refractivity contribution < 1.29 is 9.53 Å². The van der Waals surface area contributed by atoms with Crippen molar-refractivity contribution in [3.63, 3.8) is 0 Å². The zero-order valence-electron chi connectivity index (χ0n) is 14.2. The van der Waals surface area contributed by atoms with Crippen LogP contribution in [-0.4, -0.2) is 17.5 Å². The number of ether oxygens (including phenoxy) is 1. The van der Waals surface area contributed by atoms with Gasteiger partial charge in [-0.2, -0.15) is 0 Å². The second-order valence-electron chi connectivity index (χ2n) is 5.59. The SMILES string of the molecule is CCOc1ccc(C(C)NC(=O)Cc2csc(-c3cccs3)n2)cc1. The largest absolute Gasteiger partial charge is 0.494 e. The number of nitrogens with zero attached hydrogens (tertiary/aromatic N) is 1. The van der Waals surface area contributed by atoms with Gasteiger partial charge in [0.1, 0.15) is 10.8 Å². The first-order chi connectivity index (χ1) is 12.2. The van der Waals surface area contributed by atoms with Crippen molar-refractivity contribution >= 4 is 28.6 Å². The second kappa shape index (κ2) is 8.27. The van der Waals surface area contributed by atoms with E-state index < -0.39 is 0 Å². The first kappa shape index (κ1) is 17.6. The summed E-state index contributed by atoms with van der Waals surface area (Å²) in [7, 11) is 0. The number of hydrogen-bond acceptors (Lipinski definition) is 5. The number of amides is 1. The smallest absolute Gasteiger partial charge is 0.226 e. The van der Waals surface area contributed by atoms with Crippen molar-refractivity contribution in [2.45, 2.75) is 26.3 Å².